The third kappa shape index (κ3) is 6.53. The number of carboxylic acid groups (broad SMARTS) is 2. The van der Waals surface area contributed by atoms with E-state index < -0.39 is 18.1 Å². The van der Waals surface area contributed by atoms with E-state index in [9.17, 15) is 27.9 Å². The summed E-state index contributed by atoms with van der Waals surface area (Å²) in [5.41, 5.74) is 1.88. The SMILES string of the molecule is CC#CCn1c(N2CCCCC2)nc2nc(Oc3c(C)cc(C(=O)O)cc3C)n(C)c(=O)c21.O=C(O)C(F)(F)F. The van der Waals surface area contributed by atoms with Gasteiger partial charge >= 0.3 is 24.1 Å². The van der Waals surface area contributed by atoms with E-state index in [0.29, 0.717) is 40.5 Å². The number of rotatable bonds is 5. The van der Waals surface area contributed by atoms with Crippen LogP contribution in [0, 0.1) is 25.7 Å². The molecule has 0 aliphatic carbocycles. The van der Waals surface area contributed by atoms with Gasteiger partial charge in [-0.25, -0.2) is 9.59 Å². The fourth-order valence-electron chi connectivity index (χ4n) is 4.19. The van der Waals surface area contributed by atoms with Gasteiger partial charge in [0.1, 0.15) is 5.75 Å². The fourth-order valence-corrected chi connectivity index (χ4v) is 4.19. The van der Waals surface area contributed by atoms with Crippen LogP contribution in [-0.2, 0) is 18.4 Å². The highest BCUT2D eigenvalue weighted by molar-refractivity contribution is 5.88. The summed E-state index contributed by atoms with van der Waals surface area (Å²) in [5.74, 6) is 3.34. The zero-order valence-electron chi connectivity index (χ0n) is 22.3. The average Bonchev–Trinajstić information content (AvgIpc) is 3.26. The molecule has 40 heavy (non-hydrogen) atoms. The lowest BCUT2D eigenvalue weighted by atomic mass is 10.1. The Morgan fingerprint density at radius 1 is 1.07 bits per heavy atom. The first-order chi connectivity index (χ1) is 18.8. The van der Waals surface area contributed by atoms with Crippen molar-refractivity contribution in [2.24, 2.45) is 7.05 Å². The lowest BCUT2D eigenvalue weighted by Crippen LogP contribution is -2.32. The zero-order valence-corrected chi connectivity index (χ0v) is 22.3. The summed E-state index contributed by atoms with van der Waals surface area (Å²) in [6.07, 6.45) is -1.75. The number of halogens is 3. The van der Waals surface area contributed by atoms with Crippen LogP contribution in [0.2, 0.25) is 0 Å². The highest BCUT2D eigenvalue weighted by Gasteiger charge is 2.38. The van der Waals surface area contributed by atoms with E-state index in [1.54, 1.807) is 27.8 Å². The Morgan fingerprint density at radius 2 is 1.65 bits per heavy atom. The molecule has 1 aliphatic heterocycles. The first-order valence-electron chi connectivity index (χ1n) is 12.2. The zero-order chi connectivity index (χ0) is 29.8. The predicted molar refractivity (Wildman–Crippen MR) is 139 cm³/mol. The topological polar surface area (TPSA) is 140 Å². The Morgan fingerprint density at radius 3 is 2.15 bits per heavy atom. The maximum atomic E-state index is 13.4. The van der Waals surface area contributed by atoms with E-state index in [1.165, 1.54) is 23.1 Å². The van der Waals surface area contributed by atoms with Gasteiger partial charge in [-0.15, -0.1) is 5.92 Å². The van der Waals surface area contributed by atoms with Gasteiger partial charge in [-0.2, -0.15) is 23.1 Å². The molecule has 2 N–H and O–H groups in total. The van der Waals surface area contributed by atoms with Gasteiger partial charge in [0.15, 0.2) is 11.2 Å². The number of imidazole rings is 1. The monoisotopic (exact) mass is 563 g/mol. The van der Waals surface area contributed by atoms with Gasteiger partial charge in [-0.1, -0.05) is 5.92 Å². The second kappa shape index (κ2) is 12.1. The molecular weight excluding hydrogens is 535 g/mol. The maximum Gasteiger partial charge on any atom is 0.490 e. The molecule has 0 spiro atoms. The molecule has 0 unspecified atom stereocenters. The van der Waals surface area contributed by atoms with Crippen LogP contribution in [0.1, 0.15) is 47.7 Å². The van der Waals surface area contributed by atoms with Gasteiger partial charge in [-0.3, -0.25) is 13.9 Å². The number of nitrogens with zero attached hydrogens (tertiary/aromatic N) is 5. The maximum absolute atomic E-state index is 13.4. The van der Waals surface area contributed by atoms with Crippen molar-refractivity contribution in [2.75, 3.05) is 18.0 Å². The van der Waals surface area contributed by atoms with Crippen LogP contribution in [-0.4, -0.2) is 60.5 Å². The normalized spacial score (nSPS) is 13.2. The largest absolute Gasteiger partial charge is 0.490 e. The molecule has 2 aromatic heterocycles. The van der Waals surface area contributed by atoms with Crippen LogP contribution in [0.5, 0.6) is 11.8 Å². The number of aliphatic carboxylic acids is 1. The Bertz CT molecular complexity index is 1540. The molecule has 1 aromatic carbocycles. The molecule has 0 radical (unpaired) electrons. The van der Waals surface area contributed by atoms with Crippen molar-refractivity contribution in [3.8, 4) is 23.6 Å². The van der Waals surface area contributed by atoms with E-state index in [2.05, 4.69) is 21.7 Å². The molecule has 214 valence electrons. The molecule has 0 saturated carbocycles. The van der Waals surface area contributed by atoms with Crippen molar-refractivity contribution in [3.63, 3.8) is 0 Å². The van der Waals surface area contributed by atoms with Crippen LogP contribution in [0.3, 0.4) is 0 Å². The van der Waals surface area contributed by atoms with Gasteiger partial charge in [-0.05, 0) is 63.3 Å². The number of aromatic nitrogens is 4. The number of piperidine rings is 1. The van der Waals surface area contributed by atoms with E-state index in [1.807, 2.05) is 4.57 Å². The third-order valence-corrected chi connectivity index (χ3v) is 6.12. The summed E-state index contributed by atoms with van der Waals surface area (Å²) >= 11 is 0. The highest BCUT2D eigenvalue weighted by atomic mass is 19.4. The van der Waals surface area contributed by atoms with Crippen LogP contribution >= 0.6 is 0 Å². The van der Waals surface area contributed by atoms with Gasteiger partial charge in [0.2, 0.25) is 5.95 Å². The number of hydrogen-bond donors (Lipinski definition) is 2. The molecule has 0 bridgehead atoms. The van der Waals surface area contributed by atoms with E-state index in [0.717, 1.165) is 25.9 Å². The molecule has 3 aromatic rings. The number of carboxylic acids is 2. The molecule has 3 heterocycles. The van der Waals surface area contributed by atoms with Crippen LogP contribution in [0.4, 0.5) is 19.1 Å². The molecule has 14 heteroatoms. The number of benzene rings is 1. The molecule has 0 atom stereocenters. The van der Waals surface area contributed by atoms with Crippen molar-refractivity contribution >= 4 is 29.1 Å². The van der Waals surface area contributed by atoms with E-state index in [-0.39, 0.29) is 17.1 Å². The van der Waals surface area contributed by atoms with Crippen molar-refractivity contribution in [1.82, 2.24) is 19.1 Å². The number of ether oxygens (including phenoxy) is 1. The molecule has 1 saturated heterocycles. The second-order valence-corrected chi connectivity index (χ2v) is 9.05. The number of carbonyl (C=O) groups is 2. The Hall–Kier alpha value is -4.54. The molecule has 0 amide bonds. The molecule has 1 aliphatic rings. The number of fused-ring (bicyclic) bond motifs is 1. The number of aryl methyl sites for hydroxylation is 2. The smallest absolute Gasteiger partial charge is 0.478 e. The standard InChI is InChI=1S/C24H27N5O4.C2HF3O2/c1-5-6-12-29-18-20(25-23(29)28-10-8-7-9-11-28)26-24(27(4)21(18)30)33-19-15(2)13-17(22(31)32)14-16(19)3;3-2(4,5)1(6)7/h13-14H,7-12H2,1-4H3,(H,31,32);(H,6,7). The lowest BCUT2D eigenvalue weighted by molar-refractivity contribution is -0.192. The van der Waals surface area contributed by atoms with E-state index >= 15 is 0 Å². The fraction of sp³-hybridized carbons (Fsp3) is 0.423. The molecule has 4 rings (SSSR count). The summed E-state index contributed by atoms with van der Waals surface area (Å²) in [5, 5.41) is 16.4. The average molecular weight is 564 g/mol. The molecule has 11 nitrogen and oxygen atoms in total. The molecule has 1 fully saturated rings. The predicted octanol–water partition coefficient (Wildman–Crippen LogP) is 3.88. The lowest BCUT2D eigenvalue weighted by Gasteiger charge is -2.27. The molecular formula is C26H28F3N5O6. The summed E-state index contributed by atoms with van der Waals surface area (Å²) < 4.78 is 41.0. The Labute approximate surface area is 226 Å². The minimum atomic E-state index is -5.08. The van der Waals surface area contributed by atoms with Crippen molar-refractivity contribution in [1.29, 1.82) is 0 Å². The summed E-state index contributed by atoms with van der Waals surface area (Å²) in [7, 11) is 1.60. The van der Waals surface area contributed by atoms with E-state index in [4.69, 9.17) is 19.6 Å². The number of aromatic carboxylic acids is 1. The first-order valence-corrected chi connectivity index (χ1v) is 12.2. The van der Waals surface area contributed by atoms with Crippen molar-refractivity contribution in [3.05, 3.63) is 39.2 Å². The quantitative estimate of drug-likeness (QED) is 0.443. The van der Waals surface area contributed by atoms with Crippen LogP contribution in [0.25, 0.3) is 11.2 Å². The van der Waals surface area contributed by atoms with Gasteiger partial charge in [0.05, 0.1) is 12.1 Å². The third-order valence-electron chi connectivity index (χ3n) is 6.12. The summed E-state index contributed by atoms with van der Waals surface area (Å²) in [4.78, 5) is 45.1. The number of alkyl halides is 3. The van der Waals surface area contributed by atoms with Gasteiger partial charge in [0, 0.05) is 20.1 Å². The second-order valence-electron chi connectivity index (χ2n) is 9.05. The summed E-state index contributed by atoms with van der Waals surface area (Å²) in [6, 6.07) is 3.17. The van der Waals surface area contributed by atoms with Gasteiger partial charge in [0.25, 0.3) is 5.56 Å². The first kappa shape index (κ1) is 30.0. The van der Waals surface area contributed by atoms with Crippen molar-refractivity contribution < 1.29 is 37.7 Å². The minimum absolute atomic E-state index is 0.0956. The Kier molecular flexibility index (Phi) is 9.08. The van der Waals surface area contributed by atoms with Crippen molar-refractivity contribution in [2.45, 2.75) is 52.8 Å². The van der Waals surface area contributed by atoms with Crippen LogP contribution in [0.15, 0.2) is 16.9 Å². The summed E-state index contributed by atoms with van der Waals surface area (Å²) in [6.45, 7) is 7.39. The van der Waals surface area contributed by atoms with Crippen LogP contribution < -0.4 is 15.2 Å². The number of anilines is 1. The number of hydrogen-bond acceptors (Lipinski definition) is 7. The highest BCUT2D eigenvalue weighted by Crippen LogP contribution is 2.30. The van der Waals surface area contributed by atoms with Gasteiger partial charge < -0.3 is 19.8 Å². The minimum Gasteiger partial charge on any atom is -0.478 e. The Balaban J connectivity index is 0.000000559.